The summed E-state index contributed by atoms with van der Waals surface area (Å²) in [5.41, 5.74) is 1.37. The van der Waals surface area contributed by atoms with Gasteiger partial charge in [-0.1, -0.05) is 30.3 Å². The number of likely N-dealkylation sites (tertiary alicyclic amines) is 1. The minimum absolute atomic E-state index is 0.0823. The molecule has 9 heteroatoms. The summed E-state index contributed by atoms with van der Waals surface area (Å²) < 4.78 is 34.0. The zero-order valence-electron chi connectivity index (χ0n) is 16.9. The third-order valence-corrected chi connectivity index (χ3v) is 7.13. The van der Waals surface area contributed by atoms with E-state index in [2.05, 4.69) is 14.6 Å². The highest BCUT2D eigenvalue weighted by Gasteiger charge is 2.27. The van der Waals surface area contributed by atoms with Crippen molar-refractivity contribution in [3.05, 3.63) is 53.9 Å². The van der Waals surface area contributed by atoms with E-state index in [1.807, 2.05) is 30.3 Å². The van der Waals surface area contributed by atoms with Crippen LogP contribution in [0.25, 0.3) is 0 Å². The molecule has 2 saturated heterocycles. The summed E-state index contributed by atoms with van der Waals surface area (Å²) in [7, 11) is -3.75. The number of nitrogens with one attached hydrogen (secondary N) is 2. The molecule has 2 aliphatic heterocycles. The monoisotopic (exact) mass is 432 g/mol. The molecule has 0 spiro atoms. The fraction of sp³-hybridized carbons (Fsp3) is 0.476. The van der Waals surface area contributed by atoms with Crippen LogP contribution in [0.15, 0.2) is 47.5 Å². The molecule has 1 amide bonds. The summed E-state index contributed by atoms with van der Waals surface area (Å²) >= 11 is 0. The summed E-state index contributed by atoms with van der Waals surface area (Å²) in [6.07, 6.45) is 3.36. The number of hydrogen-bond acceptors (Lipinski definition) is 5. The van der Waals surface area contributed by atoms with Crippen molar-refractivity contribution in [2.45, 2.75) is 23.8 Å². The average molecular weight is 433 g/mol. The molecular weight excluding hydrogens is 404 g/mol. The molecular formula is C21H28N4O4S. The van der Waals surface area contributed by atoms with Crippen LogP contribution in [0.1, 0.15) is 34.9 Å². The molecule has 8 nitrogen and oxygen atoms in total. The molecule has 2 aliphatic rings. The zero-order chi connectivity index (χ0) is 21.0. The first-order chi connectivity index (χ1) is 14.5. The lowest BCUT2D eigenvalue weighted by molar-refractivity contribution is 0.0172. The maximum atomic E-state index is 12.9. The Morgan fingerprint density at radius 2 is 1.80 bits per heavy atom. The predicted octanol–water partition coefficient (Wildman–Crippen LogP) is 1.60. The van der Waals surface area contributed by atoms with E-state index in [0.29, 0.717) is 18.9 Å². The van der Waals surface area contributed by atoms with Gasteiger partial charge in [-0.05, 0) is 24.5 Å². The number of morpholine rings is 1. The van der Waals surface area contributed by atoms with Crippen molar-refractivity contribution in [2.75, 3.05) is 45.9 Å². The van der Waals surface area contributed by atoms with Crippen molar-refractivity contribution in [3.8, 4) is 0 Å². The fourth-order valence-corrected chi connectivity index (χ4v) is 5.07. The average Bonchev–Trinajstić information content (AvgIpc) is 3.48. The van der Waals surface area contributed by atoms with Crippen molar-refractivity contribution < 1.29 is 17.9 Å². The van der Waals surface area contributed by atoms with Crippen molar-refractivity contribution in [2.24, 2.45) is 0 Å². The summed E-state index contributed by atoms with van der Waals surface area (Å²) in [4.78, 5) is 19.4. The number of nitrogens with zero attached hydrogens (tertiary/aromatic N) is 2. The number of H-pyrrole nitrogens is 1. The Morgan fingerprint density at radius 1 is 1.10 bits per heavy atom. The van der Waals surface area contributed by atoms with Crippen LogP contribution < -0.4 is 4.72 Å². The molecule has 162 valence electrons. The van der Waals surface area contributed by atoms with Gasteiger partial charge in [-0.25, -0.2) is 13.1 Å². The van der Waals surface area contributed by atoms with Crippen molar-refractivity contribution >= 4 is 15.9 Å². The van der Waals surface area contributed by atoms with Crippen LogP contribution >= 0.6 is 0 Å². The van der Waals surface area contributed by atoms with Crippen molar-refractivity contribution in [3.63, 3.8) is 0 Å². The highest BCUT2D eigenvalue weighted by atomic mass is 32.2. The molecule has 0 radical (unpaired) electrons. The number of carbonyl (C=O) groups excluding carboxylic acids is 1. The number of hydrogen-bond donors (Lipinski definition) is 2. The maximum Gasteiger partial charge on any atom is 0.270 e. The lowest BCUT2D eigenvalue weighted by atomic mass is 10.1. The van der Waals surface area contributed by atoms with E-state index in [1.165, 1.54) is 12.3 Å². The topological polar surface area (TPSA) is 94.7 Å². The van der Waals surface area contributed by atoms with E-state index < -0.39 is 10.0 Å². The van der Waals surface area contributed by atoms with Gasteiger partial charge in [0.15, 0.2) is 0 Å². The Bertz CT molecular complexity index is 948. The van der Waals surface area contributed by atoms with Gasteiger partial charge in [0, 0.05) is 45.0 Å². The van der Waals surface area contributed by atoms with Gasteiger partial charge in [0.25, 0.3) is 5.91 Å². The lowest BCUT2D eigenvalue weighted by Gasteiger charge is -2.34. The zero-order valence-corrected chi connectivity index (χ0v) is 17.7. The van der Waals surface area contributed by atoms with E-state index in [1.54, 1.807) is 4.90 Å². The molecule has 1 aromatic heterocycles. The van der Waals surface area contributed by atoms with Gasteiger partial charge in [-0.15, -0.1) is 0 Å². The lowest BCUT2D eigenvalue weighted by Crippen LogP contribution is -2.43. The first-order valence-corrected chi connectivity index (χ1v) is 11.9. The minimum Gasteiger partial charge on any atom is -0.379 e. The standard InChI is InChI=1S/C21H28N4O4S/c26-21(25-8-4-5-9-25)19-14-18(15-22-19)30(27,28)23-16-20(17-6-2-1-3-7-17)24-10-12-29-13-11-24/h1-3,6-7,14-15,20,22-23H,4-5,8-13,16H2. The Balaban J connectivity index is 1.47. The number of amides is 1. The third kappa shape index (κ3) is 4.75. The SMILES string of the molecule is O=C(c1cc(S(=O)(=O)NCC(c2ccccc2)N2CCOCC2)c[nH]1)N1CCCC1. The van der Waals surface area contributed by atoms with Gasteiger partial charge < -0.3 is 14.6 Å². The van der Waals surface area contributed by atoms with Gasteiger partial charge in [0.1, 0.15) is 10.6 Å². The normalized spacial score (nSPS) is 19.1. The highest BCUT2D eigenvalue weighted by molar-refractivity contribution is 7.89. The number of ether oxygens (including phenoxy) is 1. The third-order valence-electron chi connectivity index (χ3n) is 5.73. The van der Waals surface area contributed by atoms with Crippen LogP contribution in [-0.2, 0) is 14.8 Å². The van der Waals surface area contributed by atoms with Gasteiger partial charge in [-0.2, -0.15) is 0 Å². The number of sulfonamides is 1. The maximum absolute atomic E-state index is 12.9. The molecule has 2 N–H and O–H groups in total. The molecule has 1 atom stereocenters. The summed E-state index contributed by atoms with van der Waals surface area (Å²) in [6, 6.07) is 11.2. The summed E-state index contributed by atoms with van der Waals surface area (Å²) in [5.74, 6) is -0.149. The Labute approximate surface area is 177 Å². The highest BCUT2D eigenvalue weighted by Crippen LogP contribution is 2.22. The van der Waals surface area contributed by atoms with Gasteiger partial charge in [0.05, 0.1) is 13.2 Å². The fourth-order valence-electron chi connectivity index (χ4n) is 4.04. The number of aromatic nitrogens is 1. The number of rotatable bonds is 7. The van der Waals surface area contributed by atoms with E-state index in [4.69, 9.17) is 4.74 Å². The van der Waals surface area contributed by atoms with Gasteiger partial charge >= 0.3 is 0 Å². The van der Waals surface area contributed by atoms with E-state index in [0.717, 1.165) is 44.6 Å². The first-order valence-electron chi connectivity index (χ1n) is 10.4. The molecule has 4 rings (SSSR count). The van der Waals surface area contributed by atoms with Crippen LogP contribution in [-0.4, -0.2) is 75.0 Å². The molecule has 2 fully saturated rings. The second kappa shape index (κ2) is 9.30. The van der Waals surface area contributed by atoms with E-state index >= 15 is 0 Å². The number of aromatic amines is 1. The van der Waals surface area contributed by atoms with Crippen LogP contribution in [0.2, 0.25) is 0 Å². The summed E-state index contributed by atoms with van der Waals surface area (Å²) in [5, 5.41) is 0. The van der Waals surface area contributed by atoms with E-state index in [-0.39, 0.29) is 23.4 Å². The van der Waals surface area contributed by atoms with Crippen molar-refractivity contribution in [1.82, 2.24) is 19.5 Å². The first kappa shape index (κ1) is 21.0. The minimum atomic E-state index is -3.75. The Hall–Kier alpha value is -2.20. The van der Waals surface area contributed by atoms with E-state index in [9.17, 15) is 13.2 Å². The molecule has 0 aliphatic carbocycles. The van der Waals surface area contributed by atoms with Gasteiger partial charge in [-0.3, -0.25) is 9.69 Å². The number of carbonyl (C=O) groups is 1. The Kier molecular flexibility index (Phi) is 6.52. The second-order valence-corrected chi connectivity index (χ2v) is 9.44. The van der Waals surface area contributed by atoms with Crippen LogP contribution in [0, 0.1) is 0 Å². The quantitative estimate of drug-likeness (QED) is 0.693. The largest absolute Gasteiger partial charge is 0.379 e. The second-order valence-electron chi connectivity index (χ2n) is 7.68. The summed E-state index contributed by atoms with van der Waals surface area (Å²) in [6.45, 7) is 4.45. The molecule has 30 heavy (non-hydrogen) atoms. The molecule has 1 aromatic carbocycles. The molecule has 0 bridgehead atoms. The van der Waals surface area contributed by atoms with Crippen LogP contribution in [0.5, 0.6) is 0 Å². The van der Waals surface area contributed by atoms with Crippen molar-refractivity contribution in [1.29, 1.82) is 0 Å². The molecule has 2 aromatic rings. The van der Waals surface area contributed by atoms with Gasteiger partial charge in [0.2, 0.25) is 10.0 Å². The Morgan fingerprint density at radius 3 is 2.50 bits per heavy atom. The van der Waals surface area contributed by atoms with Crippen LogP contribution in [0.3, 0.4) is 0 Å². The molecule has 3 heterocycles. The smallest absolute Gasteiger partial charge is 0.270 e. The van der Waals surface area contributed by atoms with Crippen LogP contribution in [0.4, 0.5) is 0 Å². The predicted molar refractivity (Wildman–Crippen MR) is 113 cm³/mol. The number of benzene rings is 1. The molecule has 1 unspecified atom stereocenters. The molecule has 0 saturated carbocycles.